The Morgan fingerprint density at radius 3 is 1.35 bits per heavy atom. The molecule has 0 aliphatic heterocycles. The van der Waals surface area contributed by atoms with Gasteiger partial charge in [0.15, 0.2) is 0 Å². The summed E-state index contributed by atoms with van der Waals surface area (Å²) in [6.45, 7) is -3.18. The number of rotatable bonds is 16. The zero-order valence-corrected chi connectivity index (χ0v) is 19.0. The maximum Gasteiger partial charge on any atom is 0.317 e. The Labute approximate surface area is 197 Å². The lowest BCUT2D eigenvalue weighted by molar-refractivity contribution is -0.144. The highest BCUT2D eigenvalue weighted by molar-refractivity contribution is 5.80. The molecule has 1 aliphatic carbocycles. The number of carbonyl (C=O) groups excluding carboxylic acids is 2. The minimum atomic E-state index is -1.19. The zero-order chi connectivity index (χ0) is 25.7. The summed E-state index contributed by atoms with van der Waals surface area (Å²) in [6, 6.07) is -1.07. The monoisotopic (exact) mass is 492 g/mol. The molecule has 1 fully saturated rings. The van der Waals surface area contributed by atoms with Crippen LogP contribution in [0.4, 0.5) is 0 Å². The van der Waals surface area contributed by atoms with E-state index < -0.39 is 74.3 Å². The molecule has 14 heteroatoms. The Morgan fingerprint density at radius 1 is 0.706 bits per heavy atom. The van der Waals surface area contributed by atoms with Gasteiger partial charge in [-0.15, -0.1) is 0 Å². The highest BCUT2D eigenvalue weighted by Gasteiger charge is 2.37. The van der Waals surface area contributed by atoms with Crippen LogP contribution in [0.25, 0.3) is 0 Å². The Morgan fingerprint density at radius 2 is 1.06 bits per heavy atom. The quantitative estimate of drug-likeness (QED) is 0.103. The molecule has 0 aromatic heterocycles. The number of hydrogen-bond acceptors (Lipinski definition) is 10. The van der Waals surface area contributed by atoms with E-state index in [4.69, 9.17) is 10.2 Å². The molecule has 0 heterocycles. The summed E-state index contributed by atoms with van der Waals surface area (Å²) >= 11 is 0. The molecule has 1 aliphatic rings. The Bertz CT molecular complexity index is 624. The first-order valence-electron chi connectivity index (χ1n) is 11.1. The first kappa shape index (κ1) is 29.7. The highest BCUT2D eigenvalue weighted by atomic mass is 16.4. The summed E-state index contributed by atoms with van der Waals surface area (Å²) in [7, 11) is 0. The molecule has 0 spiro atoms. The van der Waals surface area contributed by atoms with Gasteiger partial charge in [0.1, 0.15) is 0 Å². The molecule has 0 radical (unpaired) electrons. The molecule has 4 atom stereocenters. The van der Waals surface area contributed by atoms with Gasteiger partial charge < -0.3 is 41.3 Å². The smallest absolute Gasteiger partial charge is 0.317 e. The van der Waals surface area contributed by atoms with Gasteiger partial charge in [0.2, 0.25) is 11.8 Å². The van der Waals surface area contributed by atoms with Crippen molar-refractivity contribution >= 4 is 23.8 Å². The highest BCUT2D eigenvalue weighted by Crippen LogP contribution is 2.27. The first-order chi connectivity index (χ1) is 16.1. The van der Waals surface area contributed by atoms with Crippen molar-refractivity contribution in [2.45, 2.75) is 50.0 Å². The van der Waals surface area contributed by atoms with E-state index in [-0.39, 0.29) is 26.2 Å². The van der Waals surface area contributed by atoms with Crippen molar-refractivity contribution in [1.82, 2.24) is 20.4 Å². The average molecular weight is 493 g/mol. The van der Waals surface area contributed by atoms with Crippen LogP contribution in [0.5, 0.6) is 0 Å². The van der Waals surface area contributed by atoms with E-state index in [0.29, 0.717) is 12.8 Å². The third-order valence-corrected chi connectivity index (χ3v) is 5.49. The number of nitrogens with zero attached hydrogens (tertiary/aromatic N) is 2. The van der Waals surface area contributed by atoms with E-state index in [1.54, 1.807) is 0 Å². The van der Waals surface area contributed by atoms with Gasteiger partial charge in [-0.1, -0.05) is 12.8 Å². The normalized spacial score (nSPS) is 20.1. The SMILES string of the molecule is O=C(O)CN(CC(=O)NCC(O)CO)[C@@H]1CCCC[C@H]1N(CC(=O)O)CC(=O)NCC(O)CO. The fraction of sp³-hybridized carbons (Fsp3) is 0.800. The van der Waals surface area contributed by atoms with Crippen LogP contribution in [0.2, 0.25) is 0 Å². The summed E-state index contributed by atoms with van der Waals surface area (Å²) in [5.41, 5.74) is 0. The summed E-state index contributed by atoms with van der Waals surface area (Å²) < 4.78 is 0. The van der Waals surface area contributed by atoms with E-state index in [1.807, 2.05) is 0 Å². The van der Waals surface area contributed by atoms with Gasteiger partial charge in [0, 0.05) is 25.2 Å². The Kier molecular flexibility index (Phi) is 13.5. The fourth-order valence-electron chi connectivity index (χ4n) is 3.94. The lowest BCUT2D eigenvalue weighted by Gasteiger charge is -2.43. The number of aliphatic carboxylic acids is 2. The standard InChI is InChI=1S/C20H36N4O10/c25-11-13(27)5-21-17(29)7-23(9-19(31)32)15-3-1-2-4-16(15)24(10-20(33)34)8-18(30)22-6-14(28)12-26/h13-16,25-28H,1-12H2,(H,21,29)(H,22,30)(H,31,32)(H,33,34)/t13?,14?,15-,16-/m1/s1. The predicted molar refractivity (Wildman–Crippen MR) is 117 cm³/mol. The molecular weight excluding hydrogens is 456 g/mol. The van der Waals surface area contributed by atoms with Crippen LogP contribution in [0.3, 0.4) is 0 Å². The Hall–Kier alpha value is -2.36. The van der Waals surface area contributed by atoms with Crippen LogP contribution in [-0.2, 0) is 19.2 Å². The van der Waals surface area contributed by atoms with E-state index in [2.05, 4.69) is 10.6 Å². The van der Waals surface area contributed by atoms with Crippen LogP contribution >= 0.6 is 0 Å². The molecule has 14 nitrogen and oxygen atoms in total. The molecule has 1 rings (SSSR count). The molecule has 2 amide bonds. The van der Waals surface area contributed by atoms with Crippen molar-refractivity contribution in [3.63, 3.8) is 0 Å². The minimum Gasteiger partial charge on any atom is -0.480 e. The summed E-state index contributed by atoms with van der Waals surface area (Å²) in [6.07, 6.45) is 0.0775. The predicted octanol–water partition coefficient (Wildman–Crippen LogP) is -3.99. The summed E-state index contributed by atoms with van der Waals surface area (Å²) in [5.74, 6) is -3.52. The number of carbonyl (C=O) groups is 4. The molecule has 34 heavy (non-hydrogen) atoms. The van der Waals surface area contributed by atoms with Gasteiger partial charge in [-0.2, -0.15) is 0 Å². The van der Waals surface area contributed by atoms with Crippen molar-refractivity contribution in [1.29, 1.82) is 0 Å². The van der Waals surface area contributed by atoms with Crippen LogP contribution in [-0.4, -0.2) is 141 Å². The molecule has 196 valence electrons. The second-order valence-corrected chi connectivity index (χ2v) is 8.30. The Balaban J connectivity index is 3.01. The van der Waals surface area contributed by atoms with E-state index in [1.165, 1.54) is 9.80 Å². The summed E-state index contributed by atoms with van der Waals surface area (Å²) in [4.78, 5) is 50.5. The number of hydrogen-bond donors (Lipinski definition) is 8. The number of nitrogens with one attached hydrogen (secondary N) is 2. The van der Waals surface area contributed by atoms with Crippen molar-refractivity contribution in [3.8, 4) is 0 Å². The summed E-state index contributed by atoms with van der Waals surface area (Å²) in [5, 5.41) is 60.2. The minimum absolute atomic E-state index is 0.213. The van der Waals surface area contributed by atoms with Crippen molar-refractivity contribution in [2.24, 2.45) is 0 Å². The van der Waals surface area contributed by atoms with Gasteiger partial charge in [-0.3, -0.25) is 29.0 Å². The molecule has 0 aromatic rings. The molecular formula is C20H36N4O10. The second kappa shape index (κ2) is 15.5. The number of amides is 2. The number of aliphatic hydroxyl groups excluding tert-OH is 4. The van der Waals surface area contributed by atoms with Gasteiger partial charge in [0.25, 0.3) is 0 Å². The van der Waals surface area contributed by atoms with Crippen molar-refractivity contribution in [2.75, 3.05) is 52.5 Å². The van der Waals surface area contributed by atoms with Crippen LogP contribution in [0.1, 0.15) is 25.7 Å². The van der Waals surface area contributed by atoms with Crippen molar-refractivity contribution in [3.05, 3.63) is 0 Å². The van der Waals surface area contributed by atoms with Gasteiger partial charge >= 0.3 is 11.9 Å². The maximum atomic E-state index is 12.4. The van der Waals surface area contributed by atoms with Gasteiger partial charge in [-0.25, -0.2) is 0 Å². The van der Waals surface area contributed by atoms with Gasteiger partial charge in [0.05, 0.1) is 51.6 Å². The average Bonchev–Trinajstić information content (AvgIpc) is 2.79. The van der Waals surface area contributed by atoms with Gasteiger partial charge in [-0.05, 0) is 12.8 Å². The molecule has 2 unspecified atom stereocenters. The number of aliphatic hydroxyl groups is 4. The largest absolute Gasteiger partial charge is 0.480 e. The van der Waals surface area contributed by atoms with Crippen LogP contribution < -0.4 is 10.6 Å². The van der Waals surface area contributed by atoms with E-state index in [9.17, 15) is 39.6 Å². The number of carboxylic acids is 2. The van der Waals surface area contributed by atoms with E-state index in [0.717, 1.165) is 12.8 Å². The fourth-order valence-corrected chi connectivity index (χ4v) is 3.94. The van der Waals surface area contributed by atoms with Crippen molar-refractivity contribution < 1.29 is 49.8 Å². The first-order valence-corrected chi connectivity index (χ1v) is 11.1. The lowest BCUT2D eigenvalue weighted by atomic mass is 9.87. The molecule has 1 saturated carbocycles. The maximum absolute atomic E-state index is 12.4. The third-order valence-electron chi connectivity index (χ3n) is 5.49. The molecule has 8 N–H and O–H groups in total. The van der Waals surface area contributed by atoms with E-state index >= 15 is 0 Å². The number of carboxylic acid groups (broad SMARTS) is 2. The molecule has 0 saturated heterocycles. The lowest BCUT2D eigenvalue weighted by Crippen LogP contribution is -2.58. The van der Waals surface area contributed by atoms with Crippen LogP contribution in [0, 0.1) is 0 Å². The molecule has 0 aromatic carbocycles. The molecule has 0 bridgehead atoms. The third kappa shape index (κ3) is 11.2. The second-order valence-electron chi connectivity index (χ2n) is 8.30. The topological polar surface area (TPSA) is 220 Å². The zero-order valence-electron chi connectivity index (χ0n) is 19.0. The van der Waals surface area contributed by atoms with Crippen LogP contribution in [0.15, 0.2) is 0 Å².